The number of carbonyl (C=O) groups is 1. The predicted molar refractivity (Wildman–Crippen MR) is 71.2 cm³/mol. The molecule has 0 bridgehead atoms. The molecule has 0 aliphatic carbocycles. The lowest BCUT2D eigenvalue weighted by Gasteiger charge is -2.14. The molecule has 2 rings (SSSR count). The number of hydrogen-bond donors (Lipinski definition) is 2. The highest BCUT2D eigenvalue weighted by atomic mass is 19.1. The maximum Gasteiger partial charge on any atom is 0.319 e. The maximum absolute atomic E-state index is 13.0. The molecule has 2 aromatic rings. The van der Waals surface area contributed by atoms with Gasteiger partial charge < -0.3 is 10.6 Å². The second kappa shape index (κ2) is 5.95. The fourth-order valence-electron chi connectivity index (χ4n) is 1.64. The van der Waals surface area contributed by atoms with Crippen LogP contribution in [-0.2, 0) is 0 Å². The van der Waals surface area contributed by atoms with E-state index in [4.69, 9.17) is 0 Å². The van der Waals surface area contributed by atoms with Crippen LogP contribution >= 0.6 is 0 Å². The summed E-state index contributed by atoms with van der Waals surface area (Å²) in [5, 5.41) is 5.29. The Morgan fingerprint density at radius 2 is 2.11 bits per heavy atom. The van der Waals surface area contributed by atoms with Gasteiger partial charge >= 0.3 is 6.03 Å². The number of benzene rings is 1. The third-order valence-corrected chi connectivity index (χ3v) is 2.56. The summed E-state index contributed by atoms with van der Waals surface area (Å²) in [6.45, 7) is 1.83. The van der Waals surface area contributed by atoms with E-state index in [1.54, 1.807) is 12.3 Å². The number of pyridine rings is 1. The summed E-state index contributed by atoms with van der Waals surface area (Å²) in [5.41, 5.74) is 1.17. The third kappa shape index (κ3) is 3.77. The normalized spacial score (nSPS) is 11.7. The lowest BCUT2D eigenvalue weighted by atomic mass is 10.2. The molecule has 2 N–H and O–H groups in total. The van der Waals surface area contributed by atoms with Crippen molar-refractivity contribution in [1.29, 1.82) is 0 Å². The standard InChI is InChI=1S/C14H14FN3O/c1-10(13-7-2-3-8-16-13)17-14(19)18-12-6-4-5-11(15)9-12/h2-10H,1H3,(H2,17,18,19)/t10-/m0/s1. The molecule has 98 valence electrons. The lowest BCUT2D eigenvalue weighted by Crippen LogP contribution is -2.31. The van der Waals surface area contributed by atoms with Gasteiger partial charge in [0.1, 0.15) is 5.82 Å². The molecule has 1 atom stereocenters. The molecule has 0 aliphatic rings. The number of anilines is 1. The largest absolute Gasteiger partial charge is 0.330 e. The van der Waals surface area contributed by atoms with Crippen LogP contribution in [0.1, 0.15) is 18.7 Å². The Bertz CT molecular complexity index is 560. The van der Waals surface area contributed by atoms with Crippen molar-refractivity contribution in [3.8, 4) is 0 Å². The van der Waals surface area contributed by atoms with Gasteiger partial charge in [0.25, 0.3) is 0 Å². The van der Waals surface area contributed by atoms with Crippen molar-refractivity contribution in [2.45, 2.75) is 13.0 Å². The average Bonchev–Trinajstić information content (AvgIpc) is 2.39. The molecule has 0 spiro atoms. The highest BCUT2D eigenvalue weighted by Crippen LogP contribution is 2.11. The summed E-state index contributed by atoms with van der Waals surface area (Å²) >= 11 is 0. The fourth-order valence-corrected chi connectivity index (χ4v) is 1.64. The average molecular weight is 259 g/mol. The Morgan fingerprint density at radius 1 is 1.26 bits per heavy atom. The second-order valence-electron chi connectivity index (χ2n) is 4.09. The SMILES string of the molecule is C[C@H](NC(=O)Nc1cccc(F)c1)c1ccccn1. The van der Waals surface area contributed by atoms with Gasteiger partial charge in [0.2, 0.25) is 0 Å². The number of hydrogen-bond acceptors (Lipinski definition) is 2. The lowest BCUT2D eigenvalue weighted by molar-refractivity contribution is 0.249. The molecule has 0 saturated heterocycles. The van der Waals surface area contributed by atoms with Crippen LogP contribution in [0, 0.1) is 5.82 Å². The quantitative estimate of drug-likeness (QED) is 0.889. The van der Waals surface area contributed by atoms with Gasteiger partial charge in [-0.05, 0) is 37.3 Å². The van der Waals surface area contributed by atoms with Crippen LogP contribution in [0.3, 0.4) is 0 Å². The summed E-state index contributed by atoms with van der Waals surface area (Å²) in [4.78, 5) is 15.9. The van der Waals surface area contributed by atoms with Gasteiger partial charge in [-0.3, -0.25) is 4.98 Å². The van der Waals surface area contributed by atoms with E-state index in [1.165, 1.54) is 18.2 Å². The van der Waals surface area contributed by atoms with Crippen molar-refractivity contribution in [2.75, 3.05) is 5.32 Å². The number of nitrogens with zero attached hydrogens (tertiary/aromatic N) is 1. The minimum absolute atomic E-state index is 0.227. The van der Waals surface area contributed by atoms with E-state index in [-0.39, 0.29) is 6.04 Å². The van der Waals surface area contributed by atoms with E-state index in [9.17, 15) is 9.18 Å². The van der Waals surface area contributed by atoms with E-state index >= 15 is 0 Å². The topological polar surface area (TPSA) is 54.0 Å². The summed E-state index contributed by atoms with van der Waals surface area (Å²) < 4.78 is 13.0. The second-order valence-corrected chi connectivity index (χ2v) is 4.09. The van der Waals surface area contributed by atoms with Gasteiger partial charge in [-0.1, -0.05) is 12.1 Å². The number of nitrogens with one attached hydrogen (secondary N) is 2. The zero-order valence-corrected chi connectivity index (χ0v) is 10.4. The fraction of sp³-hybridized carbons (Fsp3) is 0.143. The van der Waals surface area contributed by atoms with Crippen molar-refractivity contribution in [1.82, 2.24) is 10.3 Å². The molecular weight excluding hydrogens is 245 g/mol. The molecule has 0 aliphatic heterocycles. The number of halogens is 1. The Hall–Kier alpha value is -2.43. The Morgan fingerprint density at radius 3 is 2.79 bits per heavy atom. The van der Waals surface area contributed by atoms with Crippen LogP contribution in [0.25, 0.3) is 0 Å². The van der Waals surface area contributed by atoms with Gasteiger partial charge in [0.05, 0.1) is 11.7 Å². The Labute approximate surface area is 110 Å². The zero-order valence-electron chi connectivity index (χ0n) is 10.4. The first-order chi connectivity index (χ1) is 9.15. The molecule has 1 heterocycles. The van der Waals surface area contributed by atoms with Crippen LogP contribution in [-0.4, -0.2) is 11.0 Å². The number of rotatable bonds is 3. The molecule has 19 heavy (non-hydrogen) atoms. The van der Waals surface area contributed by atoms with Gasteiger partial charge in [-0.15, -0.1) is 0 Å². The summed E-state index contributed by atoms with van der Waals surface area (Å²) in [6, 6.07) is 10.6. The molecule has 2 amide bonds. The number of urea groups is 1. The molecule has 0 radical (unpaired) electrons. The smallest absolute Gasteiger partial charge is 0.319 e. The number of carbonyl (C=O) groups excluding carboxylic acids is 1. The monoisotopic (exact) mass is 259 g/mol. The summed E-state index contributed by atoms with van der Waals surface area (Å²) in [5.74, 6) is -0.393. The first-order valence-electron chi connectivity index (χ1n) is 5.89. The van der Waals surface area contributed by atoms with Gasteiger partial charge in [0, 0.05) is 11.9 Å². The molecular formula is C14H14FN3O. The molecule has 0 saturated carbocycles. The zero-order chi connectivity index (χ0) is 13.7. The third-order valence-electron chi connectivity index (χ3n) is 2.56. The van der Waals surface area contributed by atoms with E-state index < -0.39 is 11.8 Å². The van der Waals surface area contributed by atoms with Crippen molar-refractivity contribution < 1.29 is 9.18 Å². The molecule has 1 aromatic carbocycles. The van der Waals surface area contributed by atoms with Crippen molar-refractivity contribution in [2.24, 2.45) is 0 Å². The summed E-state index contributed by atoms with van der Waals surface area (Å²) in [6.07, 6.45) is 1.66. The van der Waals surface area contributed by atoms with Crippen LogP contribution < -0.4 is 10.6 Å². The van der Waals surface area contributed by atoms with Crippen LogP contribution in [0.2, 0.25) is 0 Å². The molecule has 5 heteroatoms. The summed E-state index contributed by atoms with van der Waals surface area (Å²) in [7, 11) is 0. The molecule has 4 nitrogen and oxygen atoms in total. The van der Waals surface area contributed by atoms with Gasteiger partial charge in [-0.2, -0.15) is 0 Å². The van der Waals surface area contributed by atoms with E-state index in [0.29, 0.717) is 5.69 Å². The highest BCUT2D eigenvalue weighted by Gasteiger charge is 2.10. The van der Waals surface area contributed by atoms with Gasteiger partial charge in [0.15, 0.2) is 0 Å². The van der Waals surface area contributed by atoms with E-state index in [2.05, 4.69) is 15.6 Å². The minimum atomic E-state index is -0.399. The van der Waals surface area contributed by atoms with Gasteiger partial charge in [-0.25, -0.2) is 9.18 Å². The first-order valence-corrected chi connectivity index (χ1v) is 5.89. The van der Waals surface area contributed by atoms with Crippen molar-refractivity contribution >= 4 is 11.7 Å². The Balaban J connectivity index is 1.95. The first kappa shape index (κ1) is 13.0. The maximum atomic E-state index is 13.0. The minimum Gasteiger partial charge on any atom is -0.330 e. The van der Waals surface area contributed by atoms with Crippen LogP contribution in [0.4, 0.5) is 14.9 Å². The molecule has 1 aromatic heterocycles. The van der Waals surface area contributed by atoms with Crippen molar-refractivity contribution in [3.05, 3.63) is 60.2 Å². The number of amides is 2. The van der Waals surface area contributed by atoms with E-state index in [1.807, 2.05) is 25.1 Å². The van der Waals surface area contributed by atoms with Crippen LogP contribution in [0.15, 0.2) is 48.7 Å². The Kier molecular flexibility index (Phi) is 4.07. The predicted octanol–water partition coefficient (Wildman–Crippen LogP) is 3.10. The highest BCUT2D eigenvalue weighted by molar-refractivity contribution is 5.89. The van der Waals surface area contributed by atoms with E-state index in [0.717, 1.165) is 5.69 Å². The molecule has 0 unspecified atom stereocenters. The van der Waals surface area contributed by atoms with Crippen LogP contribution in [0.5, 0.6) is 0 Å². The molecule has 0 fully saturated rings. The van der Waals surface area contributed by atoms with Crippen molar-refractivity contribution in [3.63, 3.8) is 0 Å². The number of aromatic nitrogens is 1.